The lowest BCUT2D eigenvalue weighted by Crippen LogP contribution is -2.45. The third kappa shape index (κ3) is 7.21. The molecule has 6 N–H and O–H groups in total. The van der Waals surface area contributed by atoms with E-state index in [1.807, 2.05) is 42.8 Å². The van der Waals surface area contributed by atoms with Gasteiger partial charge in [0.15, 0.2) is 0 Å². The Morgan fingerprint density at radius 1 is 0.949 bits per heavy atom. The molecule has 202 valence electrons. The zero-order valence-electron chi connectivity index (χ0n) is 22.6. The van der Waals surface area contributed by atoms with Gasteiger partial charge in [-0.1, -0.05) is 30.3 Å². The average Bonchev–Trinajstić information content (AvgIpc) is 3.21. The van der Waals surface area contributed by atoms with Crippen molar-refractivity contribution in [3.05, 3.63) is 113 Å². The van der Waals surface area contributed by atoms with Crippen LogP contribution in [0.2, 0.25) is 0 Å². The van der Waals surface area contributed by atoms with Crippen LogP contribution in [0, 0.1) is 0 Å². The number of nitrogens with zero attached hydrogens (tertiary/aromatic N) is 2. The highest BCUT2D eigenvalue weighted by Gasteiger charge is 2.19. The third-order valence-corrected chi connectivity index (χ3v) is 7.32. The standard InChI is InChI=1S/C17H20N2O.C15H18N4/c1-20-17-7-4-14-8-9-19(12-15(14)10-17)11-13-2-5-16(18)6-3-13;16-12-3-1-11(2-4-12)9-13-10-18-14-5-7-17-8-6-15(14)19-13/h2-7,10H,8-9,11-12,18H2,1H3;1-5,7-8,13,18-19H,6,9-10,16H2. The molecule has 3 aliphatic heterocycles. The number of fused-ring (bicyclic) bond motifs is 1. The van der Waals surface area contributed by atoms with Crippen molar-refractivity contribution in [1.29, 1.82) is 0 Å². The molecule has 1 unspecified atom stereocenters. The molecule has 0 aliphatic carbocycles. The van der Waals surface area contributed by atoms with Gasteiger partial charge in [0.25, 0.3) is 0 Å². The van der Waals surface area contributed by atoms with Crippen LogP contribution in [0.25, 0.3) is 0 Å². The van der Waals surface area contributed by atoms with E-state index in [0.29, 0.717) is 6.04 Å². The lowest BCUT2D eigenvalue weighted by molar-refractivity contribution is 0.245. The fourth-order valence-corrected chi connectivity index (χ4v) is 5.16. The molecule has 3 heterocycles. The van der Waals surface area contributed by atoms with Crippen LogP contribution in [0.1, 0.15) is 28.7 Å². The topological polar surface area (TPSA) is 101 Å². The van der Waals surface area contributed by atoms with Crippen molar-refractivity contribution in [2.24, 2.45) is 4.99 Å². The van der Waals surface area contributed by atoms with Crippen molar-refractivity contribution in [1.82, 2.24) is 15.5 Å². The number of ether oxygens (including phenoxy) is 1. The number of nitrogens with one attached hydrogen (secondary N) is 2. The zero-order chi connectivity index (χ0) is 27.0. The molecule has 0 amide bonds. The number of methoxy groups -OCH3 is 1. The molecule has 3 aromatic carbocycles. The number of hydrogen-bond donors (Lipinski definition) is 4. The van der Waals surface area contributed by atoms with Gasteiger partial charge in [-0.2, -0.15) is 0 Å². The normalized spacial score (nSPS) is 18.0. The fraction of sp³-hybridized carbons (Fsp3) is 0.281. The predicted molar refractivity (Wildman–Crippen MR) is 160 cm³/mol. The summed E-state index contributed by atoms with van der Waals surface area (Å²) >= 11 is 0. The first-order valence-corrected chi connectivity index (χ1v) is 13.5. The molecule has 1 atom stereocenters. The Morgan fingerprint density at radius 2 is 1.69 bits per heavy atom. The summed E-state index contributed by atoms with van der Waals surface area (Å²) in [5.74, 6) is 0.943. The largest absolute Gasteiger partial charge is 0.497 e. The Balaban J connectivity index is 0.000000158. The van der Waals surface area contributed by atoms with Gasteiger partial charge in [0.05, 0.1) is 12.8 Å². The first-order valence-electron chi connectivity index (χ1n) is 13.5. The Hall–Kier alpha value is -4.23. The molecule has 39 heavy (non-hydrogen) atoms. The molecule has 0 spiro atoms. The first-order chi connectivity index (χ1) is 19.1. The average molecular weight is 523 g/mol. The predicted octanol–water partition coefficient (Wildman–Crippen LogP) is 4.41. The number of allylic oxidation sites excluding steroid dienone is 2. The molecule has 0 bridgehead atoms. The number of hydrogen-bond acceptors (Lipinski definition) is 7. The minimum absolute atomic E-state index is 0.405. The molecular formula is C32H38N6O. The SMILES string of the molecule is COc1ccc2c(c1)CN(Cc1ccc(N)cc1)CC2.Nc1ccc(CC2CNC3=C(CC=NC=C3)N2)cc1. The van der Waals surface area contributed by atoms with Gasteiger partial charge in [-0.3, -0.25) is 9.89 Å². The maximum atomic E-state index is 5.73. The van der Waals surface area contributed by atoms with E-state index in [1.165, 1.54) is 28.0 Å². The van der Waals surface area contributed by atoms with Crippen LogP contribution < -0.4 is 26.8 Å². The second-order valence-corrected chi connectivity index (χ2v) is 10.2. The third-order valence-electron chi connectivity index (χ3n) is 7.32. The molecule has 3 aromatic rings. The van der Waals surface area contributed by atoms with Gasteiger partial charge < -0.3 is 26.8 Å². The van der Waals surface area contributed by atoms with E-state index in [1.54, 1.807) is 7.11 Å². The van der Waals surface area contributed by atoms with Crippen LogP contribution in [-0.2, 0) is 25.9 Å². The fourth-order valence-electron chi connectivity index (χ4n) is 5.16. The summed E-state index contributed by atoms with van der Waals surface area (Å²) in [4.78, 5) is 6.64. The number of anilines is 2. The minimum Gasteiger partial charge on any atom is -0.497 e. The van der Waals surface area contributed by atoms with E-state index in [0.717, 1.165) is 68.3 Å². The van der Waals surface area contributed by atoms with Crippen molar-refractivity contribution in [3.8, 4) is 5.75 Å². The summed E-state index contributed by atoms with van der Waals surface area (Å²) < 4.78 is 5.31. The highest BCUT2D eigenvalue weighted by Crippen LogP contribution is 2.25. The van der Waals surface area contributed by atoms with Gasteiger partial charge in [-0.15, -0.1) is 0 Å². The minimum atomic E-state index is 0.405. The van der Waals surface area contributed by atoms with Crippen molar-refractivity contribution in [2.75, 3.05) is 31.7 Å². The molecule has 0 saturated carbocycles. The monoisotopic (exact) mass is 522 g/mol. The van der Waals surface area contributed by atoms with Gasteiger partial charge >= 0.3 is 0 Å². The van der Waals surface area contributed by atoms with E-state index in [2.05, 4.69) is 63.0 Å². The van der Waals surface area contributed by atoms with Crippen LogP contribution in [0.4, 0.5) is 11.4 Å². The van der Waals surface area contributed by atoms with Crippen molar-refractivity contribution >= 4 is 17.6 Å². The highest BCUT2D eigenvalue weighted by molar-refractivity contribution is 5.64. The van der Waals surface area contributed by atoms with Gasteiger partial charge in [-0.05, 0) is 77.6 Å². The quantitative estimate of drug-likeness (QED) is 0.371. The number of rotatable bonds is 5. The van der Waals surface area contributed by atoms with Gasteiger partial charge in [0.1, 0.15) is 5.75 Å². The van der Waals surface area contributed by atoms with Gasteiger partial charge in [0.2, 0.25) is 0 Å². The summed E-state index contributed by atoms with van der Waals surface area (Å²) in [5, 5.41) is 7.07. The van der Waals surface area contributed by atoms with E-state index >= 15 is 0 Å². The number of nitrogen functional groups attached to an aromatic ring is 2. The van der Waals surface area contributed by atoms with Gasteiger partial charge in [0, 0.05) is 68.1 Å². The Bertz CT molecular complexity index is 1340. The van der Waals surface area contributed by atoms with Crippen LogP contribution >= 0.6 is 0 Å². The van der Waals surface area contributed by atoms with Gasteiger partial charge in [-0.25, -0.2) is 0 Å². The zero-order valence-corrected chi connectivity index (χ0v) is 22.6. The van der Waals surface area contributed by atoms with Crippen molar-refractivity contribution in [3.63, 3.8) is 0 Å². The molecule has 0 fully saturated rings. The van der Waals surface area contributed by atoms with Crippen LogP contribution in [0.5, 0.6) is 5.75 Å². The maximum absolute atomic E-state index is 5.73. The van der Waals surface area contributed by atoms with E-state index in [9.17, 15) is 0 Å². The maximum Gasteiger partial charge on any atom is 0.119 e. The van der Waals surface area contributed by atoms with E-state index < -0.39 is 0 Å². The summed E-state index contributed by atoms with van der Waals surface area (Å²) in [7, 11) is 1.72. The molecule has 0 aromatic heterocycles. The summed E-state index contributed by atoms with van der Waals surface area (Å²) in [5.41, 5.74) is 20.9. The van der Waals surface area contributed by atoms with E-state index in [4.69, 9.17) is 16.2 Å². The lowest BCUT2D eigenvalue weighted by Gasteiger charge is -2.29. The molecule has 6 rings (SSSR count). The second-order valence-electron chi connectivity index (χ2n) is 10.2. The van der Waals surface area contributed by atoms with Crippen molar-refractivity contribution in [2.45, 2.75) is 38.4 Å². The van der Waals surface area contributed by atoms with Crippen molar-refractivity contribution < 1.29 is 4.74 Å². The van der Waals surface area contributed by atoms with Crippen LogP contribution in [-0.4, -0.2) is 37.4 Å². The molecule has 7 nitrogen and oxygen atoms in total. The number of nitrogens with two attached hydrogens (primary N) is 2. The Labute approximate surface area is 231 Å². The highest BCUT2D eigenvalue weighted by atomic mass is 16.5. The molecule has 7 heteroatoms. The number of aliphatic imine (C=N–C) groups is 1. The summed E-state index contributed by atoms with van der Waals surface area (Å²) in [6.45, 7) is 3.98. The molecule has 3 aliphatic rings. The summed E-state index contributed by atoms with van der Waals surface area (Å²) in [6.07, 6.45) is 8.73. The van der Waals surface area contributed by atoms with E-state index in [-0.39, 0.29) is 0 Å². The van der Waals surface area contributed by atoms with Crippen LogP contribution in [0.3, 0.4) is 0 Å². The number of benzene rings is 3. The Morgan fingerprint density at radius 3 is 2.44 bits per heavy atom. The smallest absolute Gasteiger partial charge is 0.119 e. The van der Waals surface area contributed by atoms with Crippen LogP contribution in [0.15, 0.2) is 95.4 Å². The first kappa shape index (κ1) is 26.4. The molecule has 0 radical (unpaired) electrons. The second kappa shape index (κ2) is 12.5. The Kier molecular flexibility index (Phi) is 8.48. The summed E-state index contributed by atoms with van der Waals surface area (Å²) in [6, 6.07) is 23.1. The molecule has 0 saturated heterocycles. The molecular weight excluding hydrogens is 484 g/mol. The lowest BCUT2D eigenvalue weighted by atomic mass is 9.99.